The highest BCUT2D eigenvalue weighted by atomic mass is 16.5. The summed E-state index contributed by atoms with van der Waals surface area (Å²) < 4.78 is 15.7. The fourth-order valence-electron chi connectivity index (χ4n) is 2.89. The summed E-state index contributed by atoms with van der Waals surface area (Å²) in [4.78, 5) is 25.2. The second-order valence-corrected chi connectivity index (χ2v) is 6.28. The number of rotatable bonds is 8. The lowest BCUT2D eigenvalue weighted by atomic mass is 10.1. The molecule has 1 atom stereocenters. The highest BCUT2D eigenvalue weighted by Crippen LogP contribution is 2.38. The van der Waals surface area contributed by atoms with Gasteiger partial charge >= 0.3 is 0 Å². The third-order valence-electron chi connectivity index (χ3n) is 4.44. The molecule has 0 aliphatic heterocycles. The van der Waals surface area contributed by atoms with Gasteiger partial charge in [-0.3, -0.25) is 14.7 Å². The maximum absolute atomic E-state index is 12.7. The number of aliphatic hydroxyl groups excluding tert-OH is 1. The van der Waals surface area contributed by atoms with Gasteiger partial charge in [0, 0.05) is 16.6 Å². The molecular formula is C20H22N4O6. The summed E-state index contributed by atoms with van der Waals surface area (Å²) >= 11 is 0. The molecule has 1 heterocycles. The van der Waals surface area contributed by atoms with Gasteiger partial charge in [-0.25, -0.2) is 0 Å². The zero-order valence-electron chi connectivity index (χ0n) is 16.7. The minimum Gasteiger partial charge on any atom is -0.493 e. The molecule has 10 heteroatoms. The second kappa shape index (κ2) is 9.14. The lowest BCUT2D eigenvalue weighted by Crippen LogP contribution is -2.46. The quantitative estimate of drug-likeness (QED) is 0.437. The second-order valence-electron chi connectivity index (χ2n) is 6.28. The number of nitrogens with zero attached hydrogens (tertiary/aromatic N) is 1. The number of hydrogen-bond donors (Lipinski definition) is 4. The summed E-state index contributed by atoms with van der Waals surface area (Å²) in [6.07, 6.45) is 1.66. The lowest BCUT2D eigenvalue weighted by Gasteiger charge is -2.18. The monoisotopic (exact) mass is 414 g/mol. The number of carbonyl (C=O) groups excluding carboxylic acids is 2. The van der Waals surface area contributed by atoms with Crippen molar-refractivity contribution >= 4 is 28.4 Å². The number of H-pyrrole nitrogens is 1. The molecule has 4 N–H and O–H groups in total. The number of benzene rings is 2. The van der Waals surface area contributed by atoms with Crippen LogP contribution in [-0.4, -0.2) is 61.1 Å². The van der Waals surface area contributed by atoms with Crippen molar-refractivity contribution in [2.24, 2.45) is 0 Å². The Labute approximate surface area is 172 Å². The predicted octanol–water partition coefficient (Wildman–Crippen LogP) is 1.32. The fourth-order valence-corrected chi connectivity index (χ4v) is 2.89. The molecule has 2 aromatic carbocycles. The van der Waals surface area contributed by atoms with Crippen LogP contribution in [0.2, 0.25) is 0 Å². The summed E-state index contributed by atoms with van der Waals surface area (Å²) in [5, 5.41) is 22.4. The number of aliphatic hydroxyl groups is 1. The van der Waals surface area contributed by atoms with Crippen molar-refractivity contribution in [3.8, 4) is 17.2 Å². The van der Waals surface area contributed by atoms with Crippen LogP contribution in [-0.2, 0) is 4.79 Å². The molecule has 158 valence electrons. The number of amides is 2. The van der Waals surface area contributed by atoms with Crippen LogP contribution in [0.4, 0.5) is 5.69 Å². The Morgan fingerprint density at radius 2 is 1.80 bits per heavy atom. The average Bonchev–Trinajstić information content (AvgIpc) is 3.23. The van der Waals surface area contributed by atoms with Crippen LogP contribution < -0.4 is 24.8 Å². The normalized spacial score (nSPS) is 11.6. The summed E-state index contributed by atoms with van der Waals surface area (Å²) in [7, 11) is 4.31. The van der Waals surface area contributed by atoms with Gasteiger partial charge < -0.3 is 30.0 Å². The number of ether oxygens (including phenoxy) is 3. The van der Waals surface area contributed by atoms with Crippen molar-refractivity contribution < 1.29 is 28.9 Å². The number of methoxy groups -OCH3 is 3. The molecule has 2 amide bonds. The van der Waals surface area contributed by atoms with E-state index in [4.69, 9.17) is 14.2 Å². The number of carbonyl (C=O) groups is 2. The molecule has 10 nitrogen and oxygen atoms in total. The van der Waals surface area contributed by atoms with E-state index < -0.39 is 24.5 Å². The molecule has 0 spiro atoms. The first-order chi connectivity index (χ1) is 14.5. The molecule has 3 rings (SSSR count). The molecule has 0 radical (unpaired) electrons. The molecule has 0 aliphatic carbocycles. The Morgan fingerprint density at radius 1 is 1.10 bits per heavy atom. The van der Waals surface area contributed by atoms with Crippen molar-refractivity contribution in [2.45, 2.75) is 6.04 Å². The molecule has 0 saturated heterocycles. The van der Waals surface area contributed by atoms with Gasteiger partial charge in [-0.05, 0) is 30.3 Å². The topological polar surface area (TPSA) is 135 Å². The summed E-state index contributed by atoms with van der Waals surface area (Å²) in [5.74, 6) is -0.244. The molecule has 0 bridgehead atoms. The van der Waals surface area contributed by atoms with E-state index in [0.29, 0.717) is 22.9 Å². The lowest BCUT2D eigenvalue weighted by molar-refractivity contribution is -0.118. The number of anilines is 1. The van der Waals surface area contributed by atoms with Crippen molar-refractivity contribution in [3.05, 3.63) is 42.1 Å². The highest BCUT2D eigenvalue weighted by molar-refractivity contribution is 6.02. The number of hydrogen-bond acceptors (Lipinski definition) is 7. The average molecular weight is 414 g/mol. The van der Waals surface area contributed by atoms with Gasteiger partial charge in [-0.2, -0.15) is 5.10 Å². The van der Waals surface area contributed by atoms with Crippen LogP contribution in [0, 0.1) is 0 Å². The van der Waals surface area contributed by atoms with Gasteiger partial charge in [0.2, 0.25) is 11.7 Å². The summed E-state index contributed by atoms with van der Waals surface area (Å²) in [6.45, 7) is -0.589. The van der Waals surface area contributed by atoms with Gasteiger partial charge in [0.25, 0.3) is 5.91 Å². The van der Waals surface area contributed by atoms with Crippen LogP contribution in [0.1, 0.15) is 10.4 Å². The molecule has 0 fully saturated rings. The van der Waals surface area contributed by atoms with E-state index in [1.807, 2.05) is 0 Å². The molecule has 30 heavy (non-hydrogen) atoms. The Bertz CT molecular complexity index is 1040. The van der Waals surface area contributed by atoms with Crippen LogP contribution in [0.25, 0.3) is 10.9 Å². The largest absolute Gasteiger partial charge is 0.493 e. The Kier molecular flexibility index (Phi) is 6.38. The minimum atomic E-state index is -1.17. The van der Waals surface area contributed by atoms with Gasteiger partial charge in [-0.15, -0.1) is 0 Å². The first-order valence-electron chi connectivity index (χ1n) is 8.96. The van der Waals surface area contributed by atoms with Gasteiger partial charge in [0.05, 0.1) is 39.6 Å². The van der Waals surface area contributed by atoms with Crippen LogP contribution in [0.15, 0.2) is 36.5 Å². The van der Waals surface area contributed by atoms with Crippen LogP contribution >= 0.6 is 0 Å². The zero-order valence-corrected chi connectivity index (χ0v) is 16.7. The van der Waals surface area contributed by atoms with E-state index in [2.05, 4.69) is 20.8 Å². The Balaban J connectivity index is 1.75. The molecule has 0 aliphatic rings. The zero-order chi connectivity index (χ0) is 21.7. The maximum atomic E-state index is 12.7. The van der Waals surface area contributed by atoms with E-state index in [1.54, 1.807) is 24.4 Å². The highest BCUT2D eigenvalue weighted by Gasteiger charge is 2.23. The molecule has 3 aromatic rings. The van der Waals surface area contributed by atoms with E-state index in [9.17, 15) is 14.7 Å². The van der Waals surface area contributed by atoms with Crippen LogP contribution in [0.3, 0.4) is 0 Å². The number of aromatic nitrogens is 2. The molecular weight excluding hydrogens is 392 g/mol. The first-order valence-corrected chi connectivity index (χ1v) is 8.96. The number of fused-ring (bicyclic) bond motifs is 1. The third-order valence-corrected chi connectivity index (χ3v) is 4.44. The van der Waals surface area contributed by atoms with Gasteiger partial charge in [-0.1, -0.05) is 0 Å². The van der Waals surface area contributed by atoms with Gasteiger partial charge in [0.1, 0.15) is 6.04 Å². The Hall–Kier alpha value is -3.79. The summed E-state index contributed by atoms with van der Waals surface area (Å²) in [6, 6.07) is 6.93. The molecule has 1 unspecified atom stereocenters. The van der Waals surface area contributed by atoms with Crippen molar-refractivity contribution in [3.63, 3.8) is 0 Å². The molecule has 1 aromatic heterocycles. The number of aromatic amines is 1. The fraction of sp³-hybridized carbons (Fsp3) is 0.250. The van der Waals surface area contributed by atoms with E-state index in [0.717, 1.165) is 10.9 Å². The van der Waals surface area contributed by atoms with Gasteiger partial charge in [0.15, 0.2) is 11.5 Å². The van der Waals surface area contributed by atoms with Crippen molar-refractivity contribution in [2.75, 3.05) is 33.3 Å². The molecule has 0 saturated carbocycles. The SMILES string of the molecule is COc1cc(C(=O)NC(CO)C(=O)Nc2ccc3cn[nH]c3c2)cc(OC)c1OC. The first kappa shape index (κ1) is 20.9. The minimum absolute atomic E-state index is 0.176. The maximum Gasteiger partial charge on any atom is 0.252 e. The standard InChI is InChI=1S/C20H22N4O6/c1-28-16-6-12(7-17(29-2)18(16)30-3)19(26)23-15(10-25)20(27)22-13-5-4-11-9-21-24-14(11)8-13/h4-9,15,25H,10H2,1-3H3,(H,21,24)(H,22,27)(H,23,26). The summed E-state index contributed by atoms with van der Waals surface area (Å²) in [5.41, 5.74) is 1.42. The van der Waals surface area contributed by atoms with E-state index in [1.165, 1.54) is 33.5 Å². The third kappa shape index (κ3) is 4.28. The van der Waals surface area contributed by atoms with Crippen molar-refractivity contribution in [1.29, 1.82) is 0 Å². The number of nitrogens with one attached hydrogen (secondary N) is 3. The van der Waals surface area contributed by atoms with E-state index >= 15 is 0 Å². The smallest absolute Gasteiger partial charge is 0.252 e. The van der Waals surface area contributed by atoms with Crippen molar-refractivity contribution in [1.82, 2.24) is 15.5 Å². The van der Waals surface area contributed by atoms with E-state index in [-0.39, 0.29) is 5.56 Å². The Morgan fingerprint density at radius 3 is 2.40 bits per heavy atom. The van der Waals surface area contributed by atoms with Crippen LogP contribution in [0.5, 0.6) is 17.2 Å². The predicted molar refractivity (Wildman–Crippen MR) is 109 cm³/mol.